The third kappa shape index (κ3) is 3.67. The maximum Gasteiger partial charge on any atom is 0.141 e. The Morgan fingerprint density at radius 1 is 1.61 bits per heavy atom. The monoisotopic (exact) mass is 270 g/mol. The molecule has 18 heavy (non-hydrogen) atoms. The molecule has 1 aliphatic heterocycles. The third-order valence-corrected chi connectivity index (χ3v) is 4.52. The number of hydrogen-bond acceptors (Lipinski definition) is 4. The first kappa shape index (κ1) is 13.8. The summed E-state index contributed by atoms with van der Waals surface area (Å²) < 4.78 is 12.7. The van der Waals surface area contributed by atoms with E-state index >= 15 is 0 Å². The van der Waals surface area contributed by atoms with Crippen LogP contribution in [0.3, 0.4) is 0 Å². The fourth-order valence-corrected chi connectivity index (χ4v) is 3.41. The van der Waals surface area contributed by atoms with Crippen molar-refractivity contribution in [2.75, 3.05) is 25.1 Å². The fraction of sp³-hybridized carbons (Fsp3) is 0.615. The van der Waals surface area contributed by atoms with Crippen molar-refractivity contribution < 1.29 is 9.50 Å². The van der Waals surface area contributed by atoms with E-state index in [0.717, 1.165) is 12.7 Å². The summed E-state index contributed by atoms with van der Waals surface area (Å²) in [6, 6.07) is 3.51. The van der Waals surface area contributed by atoms with E-state index in [2.05, 4.69) is 16.9 Å². The van der Waals surface area contributed by atoms with Gasteiger partial charge >= 0.3 is 0 Å². The number of aromatic nitrogens is 1. The zero-order valence-electron chi connectivity index (χ0n) is 10.6. The Morgan fingerprint density at radius 3 is 3.06 bits per heavy atom. The summed E-state index contributed by atoms with van der Waals surface area (Å²) >= 11 is 1.98. The number of aliphatic hydroxyl groups excluding tert-OH is 1. The fourth-order valence-electron chi connectivity index (χ4n) is 2.11. The first-order valence-electron chi connectivity index (χ1n) is 6.24. The average Bonchev–Trinajstić information content (AvgIpc) is 2.90. The zero-order valence-corrected chi connectivity index (χ0v) is 11.4. The third-order valence-electron chi connectivity index (χ3n) is 3.38. The van der Waals surface area contributed by atoms with Crippen LogP contribution in [0.4, 0.5) is 4.39 Å². The van der Waals surface area contributed by atoms with Crippen molar-refractivity contribution >= 4 is 11.8 Å². The highest BCUT2D eigenvalue weighted by Crippen LogP contribution is 2.22. The second-order valence-corrected chi connectivity index (χ2v) is 5.85. The smallest absolute Gasteiger partial charge is 0.141 e. The molecule has 0 aromatic carbocycles. The summed E-state index contributed by atoms with van der Waals surface area (Å²) in [6.45, 7) is 0.839. The lowest BCUT2D eigenvalue weighted by molar-refractivity contribution is 0.136. The van der Waals surface area contributed by atoms with Crippen LogP contribution >= 0.6 is 11.8 Å². The summed E-state index contributed by atoms with van der Waals surface area (Å²) in [7, 11) is 2.10. The van der Waals surface area contributed by atoms with Crippen LogP contribution in [0.25, 0.3) is 0 Å². The van der Waals surface area contributed by atoms with Crippen molar-refractivity contribution in [1.82, 2.24) is 9.88 Å². The molecule has 100 valence electrons. The molecule has 2 atom stereocenters. The molecule has 1 aliphatic rings. The van der Waals surface area contributed by atoms with Crippen molar-refractivity contribution in [1.29, 1.82) is 0 Å². The van der Waals surface area contributed by atoms with Crippen molar-refractivity contribution in [2.45, 2.75) is 25.0 Å². The second kappa shape index (κ2) is 6.50. The maximum atomic E-state index is 12.7. The van der Waals surface area contributed by atoms with Gasteiger partial charge in [0, 0.05) is 18.3 Å². The molecule has 0 saturated carbocycles. The Balaban J connectivity index is 1.80. The molecular formula is C13H19FN2OS. The largest absolute Gasteiger partial charge is 0.387 e. The van der Waals surface area contributed by atoms with Gasteiger partial charge in [0.1, 0.15) is 5.82 Å². The quantitative estimate of drug-likeness (QED) is 0.889. The van der Waals surface area contributed by atoms with Crippen LogP contribution in [-0.2, 0) is 0 Å². The molecule has 2 heterocycles. The van der Waals surface area contributed by atoms with Gasteiger partial charge in [0.05, 0.1) is 18.0 Å². The highest BCUT2D eigenvalue weighted by atomic mass is 32.2. The molecule has 1 saturated heterocycles. The predicted molar refractivity (Wildman–Crippen MR) is 72.1 cm³/mol. The van der Waals surface area contributed by atoms with Crippen LogP contribution in [0, 0.1) is 5.82 Å². The Bertz CT molecular complexity index is 368. The average molecular weight is 270 g/mol. The molecule has 2 unspecified atom stereocenters. The Labute approximate surface area is 111 Å². The Morgan fingerprint density at radius 2 is 2.44 bits per heavy atom. The molecule has 0 amide bonds. The van der Waals surface area contributed by atoms with Crippen molar-refractivity contribution in [2.24, 2.45) is 0 Å². The molecule has 0 radical (unpaired) electrons. The normalized spacial score (nSPS) is 21.4. The minimum atomic E-state index is -0.609. The zero-order chi connectivity index (χ0) is 13.0. The van der Waals surface area contributed by atoms with E-state index in [4.69, 9.17) is 0 Å². The topological polar surface area (TPSA) is 36.4 Å². The van der Waals surface area contributed by atoms with Gasteiger partial charge in [-0.1, -0.05) is 0 Å². The minimum absolute atomic E-state index is 0.369. The van der Waals surface area contributed by atoms with Gasteiger partial charge in [-0.2, -0.15) is 11.8 Å². The number of halogens is 1. The summed E-state index contributed by atoms with van der Waals surface area (Å²) in [6.07, 6.45) is 2.40. The van der Waals surface area contributed by atoms with Crippen molar-refractivity contribution in [3.63, 3.8) is 0 Å². The molecule has 3 nitrogen and oxygen atoms in total. The summed E-state index contributed by atoms with van der Waals surface area (Å²) in [4.78, 5) is 6.20. The lowest BCUT2D eigenvalue weighted by Gasteiger charge is -2.24. The van der Waals surface area contributed by atoms with Crippen LogP contribution in [0.1, 0.15) is 24.6 Å². The second-order valence-electron chi connectivity index (χ2n) is 4.70. The lowest BCUT2D eigenvalue weighted by Crippen LogP contribution is -2.33. The highest BCUT2D eigenvalue weighted by Gasteiger charge is 2.20. The molecule has 2 rings (SSSR count). The predicted octanol–water partition coefficient (Wildman–Crippen LogP) is 2.08. The lowest BCUT2D eigenvalue weighted by atomic mass is 10.1. The maximum absolute atomic E-state index is 12.7. The van der Waals surface area contributed by atoms with E-state index in [-0.39, 0.29) is 5.82 Å². The van der Waals surface area contributed by atoms with Crippen LogP contribution in [-0.4, -0.2) is 46.1 Å². The number of hydrogen-bond donors (Lipinski definition) is 1. The number of thioether (sulfide) groups is 1. The van der Waals surface area contributed by atoms with Gasteiger partial charge in [-0.25, -0.2) is 4.39 Å². The Kier molecular flexibility index (Phi) is 4.97. The molecule has 5 heteroatoms. The van der Waals surface area contributed by atoms with Crippen molar-refractivity contribution in [3.8, 4) is 0 Å². The summed E-state index contributed by atoms with van der Waals surface area (Å²) in [5, 5.41) is 9.99. The molecule has 1 aromatic rings. The van der Waals surface area contributed by atoms with Gasteiger partial charge in [0.15, 0.2) is 0 Å². The van der Waals surface area contributed by atoms with E-state index in [0.29, 0.717) is 18.2 Å². The number of nitrogens with zero attached hydrogens (tertiary/aromatic N) is 2. The van der Waals surface area contributed by atoms with Crippen LogP contribution in [0.5, 0.6) is 0 Å². The first-order valence-corrected chi connectivity index (χ1v) is 7.40. The van der Waals surface area contributed by atoms with E-state index < -0.39 is 6.10 Å². The van der Waals surface area contributed by atoms with Crippen LogP contribution in [0.2, 0.25) is 0 Å². The van der Waals surface area contributed by atoms with Gasteiger partial charge in [-0.15, -0.1) is 0 Å². The van der Waals surface area contributed by atoms with Crippen molar-refractivity contribution in [3.05, 3.63) is 29.8 Å². The van der Waals surface area contributed by atoms with E-state index in [1.165, 1.54) is 24.0 Å². The molecule has 0 spiro atoms. The van der Waals surface area contributed by atoms with Gasteiger partial charge < -0.3 is 10.0 Å². The molecule has 0 aliphatic carbocycles. The number of aliphatic hydroxyl groups is 1. The SMILES string of the molecule is CN(CCC(O)c1ccc(F)cn1)C1CCSC1. The minimum Gasteiger partial charge on any atom is -0.387 e. The van der Waals surface area contributed by atoms with E-state index in [1.807, 2.05) is 11.8 Å². The van der Waals surface area contributed by atoms with Gasteiger partial charge in [-0.05, 0) is 37.8 Å². The number of rotatable bonds is 5. The van der Waals surface area contributed by atoms with Crippen LogP contribution in [0.15, 0.2) is 18.3 Å². The molecule has 1 aromatic heterocycles. The molecular weight excluding hydrogens is 251 g/mol. The first-order chi connectivity index (χ1) is 8.66. The van der Waals surface area contributed by atoms with E-state index in [9.17, 15) is 9.50 Å². The van der Waals surface area contributed by atoms with Gasteiger partial charge in [0.25, 0.3) is 0 Å². The van der Waals surface area contributed by atoms with Crippen LogP contribution < -0.4 is 0 Å². The molecule has 0 bridgehead atoms. The molecule has 1 N–H and O–H groups in total. The molecule has 1 fully saturated rings. The Hall–Kier alpha value is -0.650. The summed E-state index contributed by atoms with van der Waals surface area (Å²) in [5.74, 6) is 2.05. The highest BCUT2D eigenvalue weighted by molar-refractivity contribution is 7.99. The van der Waals surface area contributed by atoms with Gasteiger partial charge in [0.2, 0.25) is 0 Å². The summed E-state index contributed by atoms with van der Waals surface area (Å²) in [5.41, 5.74) is 0.547. The van der Waals surface area contributed by atoms with E-state index in [1.54, 1.807) is 6.07 Å². The standard InChI is InChI=1S/C13H19FN2OS/c1-16(11-5-7-18-9-11)6-4-13(17)12-3-2-10(14)8-15-12/h2-3,8,11,13,17H,4-7,9H2,1H3. The van der Waals surface area contributed by atoms with Gasteiger partial charge in [-0.3, -0.25) is 4.98 Å². The number of pyridine rings is 1.